The molecule has 2 aromatic rings. The number of amides is 3. The van der Waals surface area contributed by atoms with E-state index in [4.69, 9.17) is 4.52 Å². The van der Waals surface area contributed by atoms with Crippen LogP contribution in [0.3, 0.4) is 0 Å². The molecule has 0 radical (unpaired) electrons. The molecule has 2 heterocycles. The highest BCUT2D eigenvalue weighted by Crippen LogP contribution is 2.30. The molecule has 1 saturated carbocycles. The van der Waals surface area contributed by atoms with Crippen LogP contribution in [0.5, 0.6) is 0 Å². The zero-order valence-electron chi connectivity index (χ0n) is 16.0. The number of benzene rings is 1. The van der Waals surface area contributed by atoms with E-state index in [0.717, 1.165) is 55.3 Å². The van der Waals surface area contributed by atoms with Gasteiger partial charge in [-0.05, 0) is 44.0 Å². The summed E-state index contributed by atoms with van der Waals surface area (Å²) in [5.41, 5.74) is 2.39. The van der Waals surface area contributed by atoms with Crippen molar-refractivity contribution >= 4 is 23.3 Å². The molecule has 0 unspecified atom stereocenters. The van der Waals surface area contributed by atoms with E-state index in [-0.39, 0.29) is 17.9 Å². The first-order valence-electron chi connectivity index (χ1n) is 9.68. The maximum absolute atomic E-state index is 12.5. The van der Waals surface area contributed by atoms with Crippen molar-refractivity contribution in [2.45, 2.75) is 26.3 Å². The molecule has 2 N–H and O–H groups in total. The van der Waals surface area contributed by atoms with Gasteiger partial charge >= 0.3 is 6.03 Å². The number of anilines is 2. The lowest BCUT2D eigenvalue weighted by molar-refractivity contribution is -0.117. The van der Waals surface area contributed by atoms with Crippen LogP contribution < -0.4 is 10.6 Å². The lowest BCUT2D eigenvalue weighted by Crippen LogP contribution is -2.49. The van der Waals surface area contributed by atoms with Crippen LogP contribution in [0.1, 0.15) is 24.3 Å². The summed E-state index contributed by atoms with van der Waals surface area (Å²) in [6.45, 7) is 5.54. The molecule has 1 aromatic carbocycles. The Labute approximate surface area is 163 Å². The van der Waals surface area contributed by atoms with E-state index in [1.807, 2.05) is 42.2 Å². The fourth-order valence-corrected chi connectivity index (χ4v) is 3.26. The average molecular weight is 383 g/mol. The molecule has 1 aliphatic heterocycles. The van der Waals surface area contributed by atoms with Crippen LogP contribution in [0.2, 0.25) is 0 Å². The van der Waals surface area contributed by atoms with E-state index < -0.39 is 0 Å². The minimum atomic E-state index is -0.105. The Kier molecular flexibility index (Phi) is 5.29. The Balaban J connectivity index is 1.23. The SMILES string of the molecule is Cc1cc(CN2CCN(C(=O)Nc3ccc(NC(=O)C4CC4)cc3)CC2)no1. The Hall–Kier alpha value is -2.87. The molecule has 1 saturated heterocycles. The number of aromatic nitrogens is 1. The smallest absolute Gasteiger partial charge is 0.321 e. The van der Waals surface area contributed by atoms with Crippen molar-refractivity contribution in [3.63, 3.8) is 0 Å². The molecule has 0 spiro atoms. The summed E-state index contributed by atoms with van der Waals surface area (Å²) in [4.78, 5) is 28.4. The van der Waals surface area contributed by atoms with E-state index in [1.165, 1.54) is 0 Å². The van der Waals surface area contributed by atoms with Gasteiger partial charge in [0.2, 0.25) is 5.91 Å². The highest BCUT2D eigenvalue weighted by atomic mass is 16.5. The number of nitrogens with one attached hydrogen (secondary N) is 2. The minimum absolute atomic E-state index is 0.0791. The van der Waals surface area contributed by atoms with Gasteiger partial charge in [0.15, 0.2) is 0 Å². The first-order valence-corrected chi connectivity index (χ1v) is 9.68. The third-order valence-corrected chi connectivity index (χ3v) is 5.07. The van der Waals surface area contributed by atoms with Crippen LogP contribution in [-0.4, -0.2) is 53.1 Å². The number of nitrogens with zero attached hydrogens (tertiary/aromatic N) is 3. The van der Waals surface area contributed by atoms with Crippen molar-refractivity contribution in [1.82, 2.24) is 15.0 Å². The van der Waals surface area contributed by atoms with E-state index in [0.29, 0.717) is 13.1 Å². The first kappa shape index (κ1) is 18.5. The van der Waals surface area contributed by atoms with Crippen molar-refractivity contribution in [3.05, 3.63) is 41.8 Å². The normalized spacial score (nSPS) is 17.4. The van der Waals surface area contributed by atoms with Gasteiger partial charge in [-0.15, -0.1) is 0 Å². The molecular weight excluding hydrogens is 358 g/mol. The molecule has 2 fully saturated rings. The van der Waals surface area contributed by atoms with Crippen molar-refractivity contribution in [2.75, 3.05) is 36.8 Å². The summed E-state index contributed by atoms with van der Waals surface area (Å²) in [6.07, 6.45) is 1.96. The highest BCUT2D eigenvalue weighted by molar-refractivity contribution is 5.94. The largest absolute Gasteiger partial charge is 0.361 e. The number of carbonyl (C=O) groups excluding carboxylic acids is 2. The van der Waals surface area contributed by atoms with Gasteiger partial charge in [0.1, 0.15) is 5.76 Å². The predicted molar refractivity (Wildman–Crippen MR) is 105 cm³/mol. The lowest BCUT2D eigenvalue weighted by atomic mass is 10.2. The van der Waals surface area contributed by atoms with Crippen molar-refractivity contribution in [3.8, 4) is 0 Å². The molecule has 4 rings (SSSR count). The molecule has 8 nitrogen and oxygen atoms in total. The van der Waals surface area contributed by atoms with Gasteiger partial charge in [0.25, 0.3) is 0 Å². The first-order chi connectivity index (χ1) is 13.6. The van der Waals surface area contributed by atoms with Crippen LogP contribution in [0.4, 0.5) is 16.2 Å². The number of urea groups is 1. The Morgan fingerprint density at radius 2 is 1.71 bits per heavy atom. The average Bonchev–Trinajstić information content (AvgIpc) is 3.47. The summed E-state index contributed by atoms with van der Waals surface area (Å²) in [5.74, 6) is 1.06. The van der Waals surface area contributed by atoms with Crippen LogP contribution in [0.15, 0.2) is 34.9 Å². The fourth-order valence-electron chi connectivity index (χ4n) is 3.26. The van der Waals surface area contributed by atoms with Gasteiger partial charge in [-0.3, -0.25) is 9.69 Å². The maximum Gasteiger partial charge on any atom is 0.321 e. The molecular formula is C20H25N5O3. The van der Waals surface area contributed by atoms with Gasteiger partial charge in [-0.1, -0.05) is 5.16 Å². The zero-order chi connectivity index (χ0) is 19.5. The number of hydrogen-bond acceptors (Lipinski definition) is 5. The van der Waals surface area contributed by atoms with Crippen LogP contribution in [0, 0.1) is 12.8 Å². The van der Waals surface area contributed by atoms with Crippen molar-refractivity contribution in [1.29, 1.82) is 0 Å². The van der Waals surface area contributed by atoms with E-state index in [1.54, 1.807) is 0 Å². The highest BCUT2D eigenvalue weighted by Gasteiger charge is 2.29. The summed E-state index contributed by atoms with van der Waals surface area (Å²) in [7, 11) is 0. The predicted octanol–water partition coefficient (Wildman–Crippen LogP) is 2.68. The third kappa shape index (κ3) is 4.69. The standard InChI is InChI=1S/C20H25N5O3/c1-14-12-18(23-28-14)13-24-8-10-25(11-9-24)20(27)22-17-6-4-16(5-7-17)21-19(26)15-2-3-15/h4-7,12,15H,2-3,8-11,13H2,1H3,(H,21,26)(H,22,27). The molecule has 148 valence electrons. The Morgan fingerprint density at radius 1 is 1.07 bits per heavy atom. The number of piperazine rings is 1. The van der Waals surface area contributed by atoms with Gasteiger partial charge in [-0.25, -0.2) is 4.79 Å². The maximum atomic E-state index is 12.5. The van der Waals surface area contributed by atoms with Crippen LogP contribution >= 0.6 is 0 Å². The van der Waals surface area contributed by atoms with Gasteiger partial charge in [-0.2, -0.15) is 0 Å². The van der Waals surface area contributed by atoms with E-state index in [2.05, 4.69) is 20.7 Å². The van der Waals surface area contributed by atoms with Gasteiger partial charge in [0, 0.05) is 56.1 Å². The third-order valence-electron chi connectivity index (χ3n) is 5.07. The van der Waals surface area contributed by atoms with Crippen LogP contribution in [-0.2, 0) is 11.3 Å². The zero-order valence-corrected chi connectivity index (χ0v) is 16.0. The second kappa shape index (κ2) is 8.02. The number of rotatable bonds is 5. The molecule has 8 heteroatoms. The van der Waals surface area contributed by atoms with Gasteiger partial charge in [0.05, 0.1) is 5.69 Å². The topological polar surface area (TPSA) is 90.7 Å². The fraction of sp³-hybridized carbons (Fsp3) is 0.450. The Bertz CT molecular complexity index is 836. The molecule has 28 heavy (non-hydrogen) atoms. The second-order valence-electron chi connectivity index (χ2n) is 7.46. The number of aryl methyl sites for hydroxylation is 1. The van der Waals surface area contributed by atoms with E-state index >= 15 is 0 Å². The van der Waals surface area contributed by atoms with Crippen molar-refractivity contribution in [2.24, 2.45) is 5.92 Å². The molecule has 0 atom stereocenters. The minimum Gasteiger partial charge on any atom is -0.361 e. The van der Waals surface area contributed by atoms with Gasteiger partial charge < -0.3 is 20.1 Å². The molecule has 0 bridgehead atoms. The van der Waals surface area contributed by atoms with Crippen molar-refractivity contribution < 1.29 is 14.1 Å². The molecule has 1 aromatic heterocycles. The quantitative estimate of drug-likeness (QED) is 0.828. The number of carbonyl (C=O) groups is 2. The summed E-state index contributed by atoms with van der Waals surface area (Å²) < 4.78 is 5.10. The summed E-state index contributed by atoms with van der Waals surface area (Å²) >= 11 is 0. The molecule has 3 amide bonds. The number of hydrogen-bond donors (Lipinski definition) is 2. The molecule has 2 aliphatic rings. The summed E-state index contributed by atoms with van der Waals surface area (Å²) in [6, 6.07) is 9.08. The van der Waals surface area contributed by atoms with Crippen LogP contribution in [0.25, 0.3) is 0 Å². The molecule has 1 aliphatic carbocycles. The van der Waals surface area contributed by atoms with E-state index in [9.17, 15) is 9.59 Å². The summed E-state index contributed by atoms with van der Waals surface area (Å²) in [5, 5.41) is 9.84. The second-order valence-corrected chi connectivity index (χ2v) is 7.46. The monoisotopic (exact) mass is 383 g/mol. The Morgan fingerprint density at radius 3 is 2.29 bits per heavy atom. The lowest BCUT2D eigenvalue weighted by Gasteiger charge is -2.34.